The number of carbonyl (C=O) groups excluding carboxylic acids is 1. The van der Waals surface area contributed by atoms with Gasteiger partial charge in [-0.1, -0.05) is 30.7 Å². The van der Waals surface area contributed by atoms with Gasteiger partial charge < -0.3 is 10.3 Å². The lowest BCUT2D eigenvalue weighted by atomic mass is 10.1. The molecule has 4 heteroatoms. The average molecular weight is 296 g/mol. The molecule has 22 heavy (non-hydrogen) atoms. The molecule has 114 valence electrons. The van der Waals surface area contributed by atoms with E-state index < -0.39 is 0 Å². The van der Waals surface area contributed by atoms with E-state index in [0.29, 0.717) is 18.4 Å². The largest absolute Gasteiger partial charge is 0.352 e. The maximum Gasteiger partial charge on any atom is 0.261 e. The molecule has 1 heterocycles. The van der Waals surface area contributed by atoms with Crippen LogP contribution in [0.5, 0.6) is 0 Å². The number of benzene rings is 1. The first kappa shape index (κ1) is 14.6. The van der Waals surface area contributed by atoms with E-state index in [9.17, 15) is 9.59 Å². The summed E-state index contributed by atoms with van der Waals surface area (Å²) in [5.41, 5.74) is 2.61. The smallest absolute Gasteiger partial charge is 0.261 e. The number of hydrogen-bond donors (Lipinski definition) is 2. The maximum atomic E-state index is 12.1. The summed E-state index contributed by atoms with van der Waals surface area (Å²) in [5.74, 6) is 0.952. The molecule has 1 aromatic heterocycles. The van der Waals surface area contributed by atoms with E-state index in [-0.39, 0.29) is 17.0 Å². The third-order valence-electron chi connectivity index (χ3n) is 4.28. The number of H-pyrrole nitrogens is 1. The Bertz CT molecular complexity index is 764. The number of carbonyl (C=O) groups is 1. The van der Waals surface area contributed by atoms with E-state index >= 15 is 0 Å². The van der Waals surface area contributed by atoms with Crippen molar-refractivity contribution in [2.75, 3.05) is 6.54 Å². The summed E-state index contributed by atoms with van der Waals surface area (Å²) in [5, 5.41) is 2.84. The second-order valence-corrected chi connectivity index (χ2v) is 6.17. The summed E-state index contributed by atoms with van der Waals surface area (Å²) >= 11 is 0. The molecule has 1 fully saturated rings. The summed E-state index contributed by atoms with van der Waals surface area (Å²) in [6, 6.07) is 11.3. The summed E-state index contributed by atoms with van der Waals surface area (Å²) in [7, 11) is 0. The molecule has 0 spiro atoms. The van der Waals surface area contributed by atoms with Crippen LogP contribution in [0.15, 0.2) is 41.2 Å². The minimum Gasteiger partial charge on any atom is -0.352 e. The SMILES string of the molecule is Cc1cccc(-c2ccc(C(=O)NC[C@@H]3C[C@H]3C)c(=O)[nH]2)c1. The lowest BCUT2D eigenvalue weighted by molar-refractivity contribution is 0.0950. The Labute approximate surface area is 129 Å². The van der Waals surface area contributed by atoms with Crippen molar-refractivity contribution in [2.45, 2.75) is 20.3 Å². The molecule has 1 saturated carbocycles. The van der Waals surface area contributed by atoms with Crippen molar-refractivity contribution >= 4 is 5.91 Å². The van der Waals surface area contributed by atoms with Crippen LogP contribution in [0.25, 0.3) is 11.3 Å². The molecule has 0 aliphatic heterocycles. The summed E-state index contributed by atoms with van der Waals surface area (Å²) in [6.45, 7) is 4.82. The molecule has 1 aromatic carbocycles. The van der Waals surface area contributed by atoms with Crippen LogP contribution in [0.3, 0.4) is 0 Å². The number of nitrogens with one attached hydrogen (secondary N) is 2. The normalized spacial score (nSPS) is 19.7. The number of aromatic amines is 1. The number of amides is 1. The quantitative estimate of drug-likeness (QED) is 0.911. The zero-order valence-electron chi connectivity index (χ0n) is 12.8. The van der Waals surface area contributed by atoms with E-state index in [1.807, 2.05) is 31.2 Å². The van der Waals surface area contributed by atoms with Gasteiger partial charge in [-0.05, 0) is 48.9 Å². The van der Waals surface area contributed by atoms with Crippen LogP contribution in [0, 0.1) is 18.8 Å². The molecule has 2 aromatic rings. The van der Waals surface area contributed by atoms with Crippen LogP contribution in [-0.2, 0) is 0 Å². The van der Waals surface area contributed by atoms with Crippen molar-refractivity contribution in [3.63, 3.8) is 0 Å². The predicted octanol–water partition coefficient (Wildman–Crippen LogP) is 2.74. The lowest BCUT2D eigenvalue weighted by Crippen LogP contribution is -2.31. The van der Waals surface area contributed by atoms with Gasteiger partial charge in [0.1, 0.15) is 5.56 Å². The Morgan fingerprint density at radius 1 is 1.32 bits per heavy atom. The minimum atomic E-state index is -0.347. The number of pyridine rings is 1. The van der Waals surface area contributed by atoms with Gasteiger partial charge in [-0.3, -0.25) is 9.59 Å². The van der Waals surface area contributed by atoms with Crippen molar-refractivity contribution < 1.29 is 4.79 Å². The molecular formula is C18H20N2O2. The molecule has 4 nitrogen and oxygen atoms in total. The third-order valence-corrected chi connectivity index (χ3v) is 4.28. The highest BCUT2D eigenvalue weighted by Gasteiger charge is 2.32. The van der Waals surface area contributed by atoms with Crippen LogP contribution in [0.4, 0.5) is 0 Å². The van der Waals surface area contributed by atoms with Crippen molar-refractivity contribution in [1.82, 2.24) is 10.3 Å². The summed E-state index contributed by atoms with van der Waals surface area (Å²) < 4.78 is 0. The number of aryl methyl sites for hydroxylation is 1. The fourth-order valence-corrected chi connectivity index (χ4v) is 2.64. The predicted molar refractivity (Wildman–Crippen MR) is 86.8 cm³/mol. The molecule has 1 amide bonds. The highest BCUT2D eigenvalue weighted by molar-refractivity contribution is 5.94. The molecule has 3 rings (SSSR count). The monoisotopic (exact) mass is 296 g/mol. The van der Waals surface area contributed by atoms with Gasteiger partial charge in [0.2, 0.25) is 0 Å². The number of aromatic nitrogens is 1. The van der Waals surface area contributed by atoms with E-state index in [1.165, 1.54) is 0 Å². The molecule has 0 radical (unpaired) electrons. The standard InChI is InChI=1S/C18H20N2O2/c1-11-4-3-5-13(8-11)16-7-6-15(18(22)20-16)17(21)19-10-14-9-12(14)2/h3-8,12,14H,9-10H2,1-2H3,(H,19,21)(H,20,22)/t12-,14+/m1/s1. The van der Waals surface area contributed by atoms with E-state index in [1.54, 1.807) is 12.1 Å². The lowest BCUT2D eigenvalue weighted by Gasteiger charge is -2.06. The van der Waals surface area contributed by atoms with Gasteiger partial charge >= 0.3 is 0 Å². The van der Waals surface area contributed by atoms with Crippen LogP contribution in [0.2, 0.25) is 0 Å². The van der Waals surface area contributed by atoms with Crippen molar-refractivity contribution in [1.29, 1.82) is 0 Å². The molecular weight excluding hydrogens is 276 g/mol. The van der Waals surface area contributed by atoms with Crippen molar-refractivity contribution in [3.05, 3.63) is 57.9 Å². The van der Waals surface area contributed by atoms with Crippen LogP contribution >= 0.6 is 0 Å². The Morgan fingerprint density at radius 2 is 2.09 bits per heavy atom. The highest BCUT2D eigenvalue weighted by Crippen LogP contribution is 2.36. The van der Waals surface area contributed by atoms with Gasteiger partial charge in [0.05, 0.1) is 0 Å². The topological polar surface area (TPSA) is 62.0 Å². The molecule has 0 bridgehead atoms. The second kappa shape index (κ2) is 5.79. The first-order valence-corrected chi connectivity index (χ1v) is 7.63. The fraction of sp³-hybridized carbons (Fsp3) is 0.333. The number of hydrogen-bond acceptors (Lipinski definition) is 2. The molecule has 0 saturated heterocycles. The second-order valence-electron chi connectivity index (χ2n) is 6.17. The van der Waals surface area contributed by atoms with Crippen LogP contribution in [-0.4, -0.2) is 17.4 Å². The third kappa shape index (κ3) is 3.11. The zero-order valence-corrected chi connectivity index (χ0v) is 12.8. The van der Waals surface area contributed by atoms with Crippen LogP contribution < -0.4 is 10.9 Å². The van der Waals surface area contributed by atoms with Gasteiger partial charge in [0.15, 0.2) is 0 Å². The Balaban J connectivity index is 1.77. The van der Waals surface area contributed by atoms with Gasteiger partial charge in [0.25, 0.3) is 11.5 Å². The van der Waals surface area contributed by atoms with Gasteiger partial charge in [-0.15, -0.1) is 0 Å². The average Bonchev–Trinajstić information content (AvgIpc) is 3.20. The van der Waals surface area contributed by atoms with Gasteiger partial charge in [0, 0.05) is 12.2 Å². The molecule has 1 aliphatic carbocycles. The van der Waals surface area contributed by atoms with Gasteiger partial charge in [-0.25, -0.2) is 0 Å². The van der Waals surface area contributed by atoms with Crippen LogP contribution in [0.1, 0.15) is 29.3 Å². The minimum absolute atomic E-state index is 0.171. The fourth-order valence-electron chi connectivity index (χ4n) is 2.64. The van der Waals surface area contributed by atoms with Crippen molar-refractivity contribution in [2.24, 2.45) is 11.8 Å². The van der Waals surface area contributed by atoms with Gasteiger partial charge in [-0.2, -0.15) is 0 Å². The zero-order chi connectivity index (χ0) is 15.7. The molecule has 2 N–H and O–H groups in total. The van der Waals surface area contributed by atoms with E-state index in [4.69, 9.17) is 0 Å². The summed E-state index contributed by atoms with van der Waals surface area (Å²) in [6.07, 6.45) is 1.16. The number of rotatable bonds is 4. The Hall–Kier alpha value is -2.36. The molecule has 1 aliphatic rings. The highest BCUT2D eigenvalue weighted by atomic mass is 16.2. The van der Waals surface area contributed by atoms with Crippen molar-refractivity contribution in [3.8, 4) is 11.3 Å². The molecule has 2 atom stereocenters. The Kier molecular flexibility index (Phi) is 3.84. The first-order chi connectivity index (χ1) is 10.5. The first-order valence-electron chi connectivity index (χ1n) is 7.63. The maximum absolute atomic E-state index is 12.1. The summed E-state index contributed by atoms with van der Waals surface area (Å²) in [4.78, 5) is 27.0. The Morgan fingerprint density at radius 3 is 2.73 bits per heavy atom. The molecule has 0 unspecified atom stereocenters. The van der Waals surface area contributed by atoms with E-state index in [2.05, 4.69) is 17.2 Å². The van der Waals surface area contributed by atoms with E-state index in [0.717, 1.165) is 23.2 Å².